The number of thiocarbonyl (C=S) groups is 1. The lowest BCUT2D eigenvalue weighted by Gasteiger charge is -2.36. The Morgan fingerprint density at radius 2 is 1.81 bits per heavy atom. The van der Waals surface area contributed by atoms with Crippen molar-refractivity contribution >= 4 is 52.2 Å². The summed E-state index contributed by atoms with van der Waals surface area (Å²) in [7, 11) is 0. The van der Waals surface area contributed by atoms with E-state index in [1.54, 1.807) is 49.4 Å². The number of esters is 1. The summed E-state index contributed by atoms with van der Waals surface area (Å²) in [6.07, 6.45) is 0. The highest BCUT2D eigenvalue weighted by Crippen LogP contribution is 2.30. The van der Waals surface area contributed by atoms with Crippen molar-refractivity contribution in [1.29, 1.82) is 0 Å². The number of piperazine rings is 1. The maximum absolute atomic E-state index is 12.7. The van der Waals surface area contributed by atoms with Gasteiger partial charge < -0.3 is 19.0 Å². The minimum atomic E-state index is -0.611. The number of carbonyl (C=O) groups excluding carboxylic acids is 2. The molecule has 12 heteroatoms. The number of hydrogen-bond acceptors (Lipinski definition) is 8. The van der Waals surface area contributed by atoms with Crippen molar-refractivity contribution in [3.8, 4) is 11.3 Å². The van der Waals surface area contributed by atoms with Crippen molar-refractivity contribution < 1.29 is 23.7 Å². The highest BCUT2D eigenvalue weighted by atomic mass is 35.5. The first kappa shape index (κ1) is 26.1. The zero-order valence-corrected chi connectivity index (χ0v) is 21.4. The van der Waals surface area contributed by atoms with E-state index < -0.39 is 16.8 Å². The predicted octanol–water partition coefficient (Wildman–Crippen LogP) is 4.52. The second-order valence-corrected chi connectivity index (χ2v) is 8.91. The van der Waals surface area contributed by atoms with E-state index >= 15 is 0 Å². The molecule has 1 aliphatic rings. The van der Waals surface area contributed by atoms with Gasteiger partial charge in [0.15, 0.2) is 10.9 Å². The Kier molecular flexibility index (Phi) is 8.04. The molecule has 0 aliphatic carbocycles. The van der Waals surface area contributed by atoms with E-state index in [1.807, 2.05) is 9.80 Å². The number of nitro benzene ring substituents is 1. The van der Waals surface area contributed by atoms with Crippen LogP contribution >= 0.6 is 23.8 Å². The van der Waals surface area contributed by atoms with Crippen molar-refractivity contribution in [2.75, 3.05) is 37.7 Å². The highest BCUT2D eigenvalue weighted by Gasteiger charge is 2.27. The van der Waals surface area contributed by atoms with E-state index in [4.69, 9.17) is 33.0 Å². The molecule has 4 rings (SSSR count). The third-order valence-electron chi connectivity index (χ3n) is 5.77. The number of benzene rings is 2. The van der Waals surface area contributed by atoms with Gasteiger partial charge in [-0.25, -0.2) is 4.79 Å². The lowest BCUT2D eigenvalue weighted by Crippen LogP contribution is -2.52. The molecule has 37 heavy (non-hydrogen) atoms. The number of ether oxygens (including phenoxy) is 1. The molecular weight excluding hydrogens is 520 g/mol. The van der Waals surface area contributed by atoms with Gasteiger partial charge in [-0.05, 0) is 67.7 Å². The molecule has 1 fully saturated rings. The lowest BCUT2D eigenvalue weighted by atomic mass is 10.1. The molecule has 1 amide bonds. The first-order valence-electron chi connectivity index (χ1n) is 11.4. The second-order valence-electron chi connectivity index (χ2n) is 8.09. The first-order valence-corrected chi connectivity index (χ1v) is 12.2. The number of furan rings is 1. The van der Waals surface area contributed by atoms with E-state index in [2.05, 4.69) is 5.32 Å². The molecular formula is C25H23ClN4O6S. The molecule has 0 bridgehead atoms. The molecule has 2 heterocycles. The molecule has 0 radical (unpaired) electrons. The summed E-state index contributed by atoms with van der Waals surface area (Å²) in [5, 5.41) is 15.2. The first-order chi connectivity index (χ1) is 17.8. The second kappa shape index (κ2) is 11.4. The van der Waals surface area contributed by atoms with Crippen LogP contribution in [0.25, 0.3) is 11.3 Å². The van der Waals surface area contributed by atoms with Gasteiger partial charge >= 0.3 is 5.97 Å². The number of nitrogens with zero attached hydrogens (tertiary/aromatic N) is 3. The molecule has 1 aromatic heterocycles. The summed E-state index contributed by atoms with van der Waals surface area (Å²) in [5.41, 5.74) is 1.13. The van der Waals surface area contributed by atoms with Crippen molar-refractivity contribution in [1.82, 2.24) is 10.2 Å². The standard InChI is InChI=1S/C25H23ClN4O6S/c1-2-35-24(32)17-5-8-19(20(15-17)30(33)34)28-11-13-29(14-12-28)25(37)27-23(31)22-10-9-21(36-22)16-3-6-18(26)7-4-16/h3-10,15H,2,11-14H2,1H3,(H,27,31,37). The topological polar surface area (TPSA) is 118 Å². The molecule has 0 unspecified atom stereocenters. The third kappa shape index (κ3) is 6.07. The van der Waals surface area contributed by atoms with Crippen LogP contribution in [0.5, 0.6) is 0 Å². The zero-order chi connectivity index (χ0) is 26.5. The Bertz CT molecular complexity index is 1340. The monoisotopic (exact) mass is 542 g/mol. The number of anilines is 1. The average molecular weight is 543 g/mol. The molecule has 1 N–H and O–H groups in total. The van der Waals surface area contributed by atoms with Crippen LogP contribution in [0.3, 0.4) is 0 Å². The van der Waals surface area contributed by atoms with Crippen molar-refractivity contribution in [2.45, 2.75) is 6.92 Å². The lowest BCUT2D eigenvalue weighted by molar-refractivity contribution is -0.384. The Morgan fingerprint density at radius 1 is 1.11 bits per heavy atom. The molecule has 3 aromatic rings. The number of halogens is 1. The van der Waals surface area contributed by atoms with Crippen molar-refractivity contribution in [3.05, 3.63) is 81.1 Å². The van der Waals surface area contributed by atoms with Crippen LogP contribution in [0.4, 0.5) is 11.4 Å². The fourth-order valence-electron chi connectivity index (χ4n) is 3.90. The van der Waals surface area contributed by atoms with Gasteiger partial charge in [-0.2, -0.15) is 0 Å². The summed E-state index contributed by atoms with van der Waals surface area (Å²) < 4.78 is 10.6. The van der Waals surface area contributed by atoms with Crippen LogP contribution in [0, 0.1) is 10.1 Å². The molecule has 0 atom stereocenters. The van der Waals surface area contributed by atoms with Crippen molar-refractivity contribution in [2.24, 2.45) is 0 Å². The number of carbonyl (C=O) groups is 2. The van der Waals surface area contributed by atoms with Crippen LogP contribution < -0.4 is 10.2 Å². The van der Waals surface area contributed by atoms with E-state index in [-0.39, 0.29) is 28.7 Å². The SMILES string of the molecule is CCOC(=O)c1ccc(N2CCN(C(=S)NC(=O)c3ccc(-c4ccc(Cl)cc4)o3)CC2)c([N+](=O)[O-])c1. The Balaban J connectivity index is 1.36. The largest absolute Gasteiger partial charge is 0.462 e. The Morgan fingerprint density at radius 3 is 2.46 bits per heavy atom. The van der Waals surface area contributed by atoms with Crippen LogP contribution in [0.15, 0.2) is 59.0 Å². The van der Waals surface area contributed by atoms with E-state index in [0.717, 1.165) is 5.56 Å². The third-order valence-corrected chi connectivity index (χ3v) is 6.38. The average Bonchev–Trinajstić information content (AvgIpc) is 3.39. The summed E-state index contributed by atoms with van der Waals surface area (Å²) in [5.74, 6) is -0.446. The molecule has 0 spiro atoms. The normalized spacial score (nSPS) is 13.2. The fraction of sp³-hybridized carbons (Fsp3) is 0.240. The van der Waals surface area contributed by atoms with Gasteiger partial charge in [0, 0.05) is 42.8 Å². The molecule has 1 aliphatic heterocycles. The number of nitrogens with one attached hydrogen (secondary N) is 1. The minimum absolute atomic E-state index is 0.114. The predicted molar refractivity (Wildman–Crippen MR) is 142 cm³/mol. The summed E-state index contributed by atoms with van der Waals surface area (Å²) in [4.78, 5) is 39.5. The van der Waals surface area contributed by atoms with Gasteiger partial charge in [0.1, 0.15) is 11.4 Å². The summed E-state index contributed by atoms with van der Waals surface area (Å²) >= 11 is 11.3. The molecule has 10 nitrogen and oxygen atoms in total. The van der Waals surface area contributed by atoms with E-state index in [1.165, 1.54) is 12.1 Å². The van der Waals surface area contributed by atoms with Crippen LogP contribution in [-0.4, -0.2) is 59.6 Å². The van der Waals surface area contributed by atoms with E-state index in [9.17, 15) is 19.7 Å². The van der Waals surface area contributed by atoms with Crippen LogP contribution in [0.1, 0.15) is 27.8 Å². The Hall–Kier alpha value is -3.96. The smallest absolute Gasteiger partial charge is 0.338 e. The zero-order valence-electron chi connectivity index (χ0n) is 19.8. The Labute approximate surface area is 222 Å². The number of hydrogen-bond donors (Lipinski definition) is 1. The molecule has 0 saturated carbocycles. The quantitative estimate of drug-likeness (QED) is 0.207. The maximum Gasteiger partial charge on any atom is 0.338 e. The van der Waals surface area contributed by atoms with Gasteiger partial charge in [-0.15, -0.1) is 0 Å². The number of rotatable bonds is 6. The van der Waals surface area contributed by atoms with E-state index in [0.29, 0.717) is 42.6 Å². The van der Waals surface area contributed by atoms with Crippen LogP contribution in [-0.2, 0) is 4.74 Å². The minimum Gasteiger partial charge on any atom is -0.462 e. The maximum atomic E-state index is 12.7. The molecule has 192 valence electrons. The summed E-state index contributed by atoms with van der Waals surface area (Å²) in [6.45, 7) is 3.57. The van der Waals surface area contributed by atoms with Gasteiger partial charge in [0.2, 0.25) is 0 Å². The van der Waals surface area contributed by atoms with Crippen LogP contribution in [0.2, 0.25) is 5.02 Å². The van der Waals surface area contributed by atoms with Gasteiger partial charge in [0.25, 0.3) is 11.6 Å². The summed E-state index contributed by atoms with van der Waals surface area (Å²) in [6, 6.07) is 14.6. The molecule has 1 saturated heterocycles. The molecule has 2 aromatic carbocycles. The van der Waals surface area contributed by atoms with Gasteiger partial charge in [-0.1, -0.05) is 11.6 Å². The number of amides is 1. The van der Waals surface area contributed by atoms with Crippen molar-refractivity contribution in [3.63, 3.8) is 0 Å². The number of nitro groups is 1. The van der Waals surface area contributed by atoms with Gasteiger partial charge in [-0.3, -0.25) is 20.2 Å². The van der Waals surface area contributed by atoms with Gasteiger partial charge in [0.05, 0.1) is 17.1 Å². The fourth-order valence-corrected chi connectivity index (χ4v) is 4.30. The highest BCUT2D eigenvalue weighted by molar-refractivity contribution is 7.80.